The Bertz CT molecular complexity index is 453. The van der Waals surface area contributed by atoms with Gasteiger partial charge in [0.15, 0.2) is 5.82 Å². The molecule has 2 rings (SSSR count). The summed E-state index contributed by atoms with van der Waals surface area (Å²) in [7, 11) is 0. The Labute approximate surface area is 125 Å². The Hall–Kier alpha value is -1.43. The zero-order valence-corrected chi connectivity index (χ0v) is 13.2. The first-order chi connectivity index (χ1) is 10.2. The number of hydrogen-bond acceptors (Lipinski definition) is 6. The monoisotopic (exact) mass is 295 g/mol. The minimum atomic E-state index is -0.0622. The Morgan fingerprint density at radius 3 is 2.76 bits per heavy atom. The molecule has 0 aliphatic carbocycles. The van der Waals surface area contributed by atoms with Crippen molar-refractivity contribution in [3.8, 4) is 0 Å². The normalized spacial score (nSPS) is 18.6. The van der Waals surface area contributed by atoms with E-state index in [0.717, 1.165) is 44.6 Å². The second kappa shape index (κ2) is 7.54. The summed E-state index contributed by atoms with van der Waals surface area (Å²) in [6, 6.07) is 0.103. The van der Waals surface area contributed by atoms with Gasteiger partial charge in [0.05, 0.1) is 18.6 Å². The first-order valence-corrected chi connectivity index (χ1v) is 7.88. The molecule has 0 saturated carbocycles. The smallest absolute Gasteiger partial charge is 0.309 e. The highest BCUT2D eigenvalue weighted by atomic mass is 16.5. The van der Waals surface area contributed by atoms with Gasteiger partial charge in [-0.25, -0.2) is 0 Å². The van der Waals surface area contributed by atoms with Gasteiger partial charge in [0.2, 0.25) is 5.89 Å². The van der Waals surface area contributed by atoms with Crippen molar-refractivity contribution in [1.29, 1.82) is 0 Å². The Morgan fingerprint density at radius 1 is 1.43 bits per heavy atom. The lowest BCUT2D eigenvalue weighted by Gasteiger charge is -2.33. The van der Waals surface area contributed by atoms with Crippen molar-refractivity contribution in [1.82, 2.24) is 15.0 Å². The third-order valence-electron chi connectivity index (χ3n) is 4.01. The van der Waals surface area contributed by atoms with E-state index in [4.69, 9.17) is 9.26 Å². The second-order valence-electron chi connectivity index (χ2n) is 5.54. The number of ether oxygens (including phenoxy) is 1. The highest BCUT2D eigenvalue weighted by molar-refractivity contribution is 5.72. The molecule has 1 aromatic heterocycles. The maximum Gasteiger partial charge on any atom is 0.309 e. The highest BCUT2D eigenvalue weighted by Crippen LogP contribution is 2.26. The van der Waals surface area contributed by atoms with Gasteiger partial charge in [0.1, 0.15) is 0 Å². The van der Waals surface area contributed by atoms with Crippen molar-refractivity contribution < 1.29 is 14.1 Å². The summed E-state index contributed by atoms with van der Waals surface area (Å²) in [4.78, 5) is 18.5. The molecule has 0 spiro atoms. The SMILES string of the molecule is CCCc1noc(C(C)N2CCC(C(=O)OCC)CC2)n1. The van der Waals surface area contributed by atoms with Crippen LogP contribution in [0.25, 0.3) is 0 Å². The lowest BCUT2D eigenvalue weighted by atomic mass is 9.96. The molecule has 21 heavy (non-hydrogen) atoms. The average Bonchev–Trinajstić information content (AvgIpc) is 2.96. The molecule has 0 radical (unpaired) electrons. The van der Waals surface area contributed by atoms with Gasteiger partial charge >= 0.3 is 5.97 Å². The van der Waals surface area contributed by atoms with Crippen LogP contribution < -0.4 is 0 Å². The third kappa shape index (κ3) is 4.03. The molecule has 1 fully saturated rings. The van der Waals surface area contributed by atoms with Crippen molar-refractivity contribution >= 4 is 5.97 Å². The number of aryl methyl sites for hydroxylation is 1. The molecule has 1 atom stereocenters. The number of nitrogens with zero attached hydrogens (tertiary/aromatic N) is 3. The molecular formula is C15H25N3O3. The van der Waals surface area contributed by atoms with Crippen LogP contribution in [0.3, 0.4) is 0 Å². The summed E-state index contributed by atoms with van der Waals surface area (Å²) >= 11 is 0. The number of carbonyl (C=O) groups is 1. The van der Waals surface area contributed by atoms with Crippen LogP contribution in [0.2, 0.25) is 0 Å². The third-order valence-corrected chi connectivity index (χ3v) is 4.01. The summed E-state index contributed by atoms with van der Waals surface area (Å²) in [5.74, 6) is 1.42. The standard InChI is InChI=1S/C15H25N3O3/c1-4-6-13-16-14(21-17-13)11(3)18-9-7-12(8-10-18)15(19)20-5-2/h11-12H,4-10H2,1-3H3. The Kier molecular flexibility index (Phi) is 5.73. The van der Waals surface area contributed by atoms with Gasteiger partial charge in [-0.1, -0.05) is 12.1 Å². The van der Waals surface area contributed by atoms with E-state index in [2.05, 4.69) is 28.9 Å². The van der Waals surface area contributed by atoms with Crippen molar-refractivity contribution in [2.75, 3.05) is 19.7 Å². The molecule has 1 aliphatic rings. The predicted molar refractivity (Wildman–Crippen MR) is 77.6 cm³/mol. The van der Waals surface area contributed by atoms with Crippen LogP contribution in [0, 0.1) is 5.92 Å². The number of carbonyl (C=O) groups excluding carboxylic acids is 1. The summed E-state index contributed by atoms with van der Waals surface area (Å²) in [5.41, 5.74) is 0. The largest absolute Gasteiger partial charge is 0.466 e. The van der Waals surface area contributed by atoms with Crippen molar-refractivity contribution in [3.63, 3.8) is 0 Å². The van der Waals surface area contributed by atoms with Crippen LogP contribution in [0.5, 0.6) is 0 Å². The van der Waals surface area contributed by atoms with Gasteiger partial charge in [0, 0.05) is 6.42 Å². The number of piperidine rings is 1. The second-order valence-corrected chi connectivity index (χ2v) is 5.54. The lowest BCUT2D eigenvalue weighted by molar-refractivity contribution is -0.149. The van der Waals surface area contributed by atoms with E-state index >= 15 is 0 Å². The van der Waals surface area contributed by atoms with E-state index < -0.39 is 0 Å². The van der Waals surface area contributed by atoms with Gasteiger partial charge in [-0.3, -0.25) is 9.69 Å². The highest BCUT2D eigenvalue weighted by Gasteiger charge is 2.30. The molecule has 2 heterocycles. The fraction of sp³-hybridized carbons (Fsp3) is 0.800. The van der Waals surface area contributed by atoms with Crippen LogP contribution >= 0.6 is 0 Å². The van der Waals surface area contributed by atoms with Gasteiger partial charge in [0.25, 0.3) is 0 Å². The summed E-state index contributed by atoms with van der Waals surface area (Å²) in [6.45, 7) is 8.19. The van der Waals surface area contributed by atoms with E-state index in [1.807, 2.05) is 6.92 Å². The van der Waals surface area contributed by atoms with Crippen LogP contribution in [0.15, 0.2) is 4.52 Å². The Morgan fingerprint density at radius 2 is 2.14 bits per heavy atom. The number of likely N-dealkylation sites (tertiary alicyclic amines) is 1. The van der Waals surface area contributed by atoms with E-state index in [1.54, 1.807) is 0 Å². The van der Waals surface area contributed by atoms with Crippen LogP contribution in [-0.4, -0.2) is 40.7 Å². The van der Waals surface area contributed by atoms with Crippen molar-refractivity contribution in [3.05, 3.63) is 11.7 Å². The van der Waals surface area contributed by atoms with E-state index in [0.29, 0.717) is 12.5 Å². The van der Waals surface area contributed by atoms with E-state index in [1.165, 1.54) is 0 Å². The maximum absolute atomic E-state index is 11.7. The number of esters is 1. The molecule has 6 nitrogen and oxygen atoms in total. The quantitative estimate of drug-likeness (QED) is 0.750. The van der Waals surface area contributed by atoms with Crippen molar-refractivity contribution in [2.45, 2.75) is 52.5 Å². The van der Waals surface area contributed by atoms with Crippen molar-refractivity contribution in [2.24, 2.45) is 5.92 Å². The number of aromatic nitrogens is 2. The molecule has 1 aliphatic heterocycles. The number of hydrogen-bond donors (Lipinski definition) is 0. The van der Waals surface area contributed by atoms with Crippen LogP contribution in [0.4, 0.5) is 0 Å². The minimum Gasteiger partial charge on any atom is -0.466 e. The van der Waals surface area contributed by atoms with Gasteiger partial charge in [-0.15, -0.1) is 0 Å². The molecule has 0 aromatic carbocycles. The molecular weight excluding hydrogens is 270 g/mol. The van der Waals surface area contributed by atoms with E-state index in [-0.39, 0.29) is 17.9 Å². The molecule has 0 amide bonds. The topological polar surface area (TPSA) is 68.5 Å². The molecule has 1 unspecified atom stereocenters. The fourth-order valence-electron chi connectivity index (χ4n) is 2.70. The minimum absolute atomic E-state index is 0.0340. The summed E-state index contributed by atoms with van der Waals surface area (Å²) in [6.07, 6.45) is 3.53. The average molecular weight is 295 g/mol. The summed E-state index contributed by atoms with van der Waals surface area (Å²) < 4.78 is 10.4. The van der Waals surface area contributed by atoms with Gasteiger partial charge in [-0.2, -0.15) is 4.98 Å². The fourth-order valence-corrected chi connectivity index (χ4v) is 2.70. The molecule has 0 bridgehead atoms. The zero-order valence-electron chi connectivity index (χ0n) is 13.2. The molecule has 1 aromatic rings. The summed E-state index contributed by atoms with van der Waals surface area (Å²) in [5, 5.41) is 4.00. The van der Waals surface area contributed by atoms with E-state index in [9.17, 15) is 4.79 Å². The first-order valence-electron chi connectivity index (χ1n) is 7.88. The van der Waals surface area contributed by atoms with Gasteiger partial charge < -0.3 is 9.26 Å². The molecule has 1 saturated heterocycles. The van der Waals surface area contributed by atoms with Gasteiger partial charge in [-0.05, 0) is 46.2 Å². The van der Waals surface area contributed by atoms with Crippen LogP contribution in [-0.2, 0) is 16.0 Å². The molecule has 6 heteroatoms. The predicted octanol–water partition coefficient (Wildman–Crippen LogP) is 2.36. The first kappa shape index (κ1) is 15.9. The zero-order chi connectivity index (χ0) is 15.2. The molecule has 118 valence electrons. The van der Waals surface area contributed by atoms with Crippen LogP contribution in [0.1, 0.15) is 57.8 Å². The lowest BCUT2D eigenvalue weighted by Crippen LogP contribution is -2.38. The Balaban J connectivity index is 1.87. The number of rotatable bonds is 6. The maximum atomic E-state index is 11.7. The molecule has 0 N–H and O–H groups in total.